The summed E-state index contributed by atoms with van der Waals surface area (Å²) in [6.07, 6.45) is 0. The molecule has 0 aliphatic heterocycles. The average Bonchev–Trinajstić information content (AvgIpc) is 2.36. The van der Waals surface area contributed by atoms with Gasteiger partial charge in [-0.3, -0.25) is 4.72 Å². The number of nitrogen functional groups attached to an aromatic ring is 1. The van der Waals surface area contributed by atoms with Crippen LogP contribution in [0.3, 0.4) is 0 Å². The van der Waals surface area contributed by atoms with E-state index >= 15 is 0 Å². The van der Waals surface area contributed by atoms with Crippen molar-refractivity contribution < 1.29 is 12.8 Å². The fraction of sp³-hybridized carbons (Fsp3) is 0. The number of rotatable bonds is 3. The lowest BCUT2D eigenvalue weighted by atomic mass is 10.3. The Morgan fingerprint density at radius 1 is 1.10 bits per heavy atom. The number of hydrogen-bond donors (Lipinski definition) is 2. The number of nitrogens with one attached hydrogen (secondary N) is 1. The van der Waals surface area contributed by atoms with Crippen LogP contribution in [0.4, 0.5) is 15.8 Å². The fourth-order valence-corrected chi connectivity index (χ4v) is 3.43. The summed E-state index contributed by atoms with van der Waals surface area (Å²) in [5, 5.41) is 0. The second kappa shape index (κ2) is 5.71. The Bertz CT molecular complexity index is 766. The van der Waals surface area contributed by atoms with Gasteiger partial charge < -0.3 is 5.73 Å². The summed E-state index contributed by atoms with van der Waals surface area (Å²) in [7, 11) is -3.89. The molecule has 0 aliphatic rings. The first kappa shape index (κ1) is 15.3. The first-order valence-electron chi connectivity index (χ1n) is 5.32. The number of halogens is 3. The summed E-state index contributed by atoms with van der Waals surface area (Å²) < 4.78 is 41.1. The number of nitrogens with two attached hydrogens (primary N) is 1. The van der Waals surface area contributed by atoms with Gasteiger partial charge in [0.05, 0.1) is 10.6 Å². The summed E-state index contributed by atoms with van der Waals surface area (Å²) >= 11 is 6.31. The maximum Gasteiger partial charge on any atom is 0.262 e. The Kier molecular flexibility index (Phi) is 4.36. The van der Waals surface area contributed by atoms with Crippen molar-refractivity contribution in [3.8, 4) is 0 Å². The van der Waals surface area contributed by atoms with Crippen molar-refractivity contribution in [3.05, 3.63) is 51.2 Å². The van der Waals surface area contributed by atoms with Crippen LogP contribution in [0.5, 0.6) is 0 Å². The van der Waals surface area contributed by atoms with Crippen LogP contribution in [0, 0.1) is 5.82 Å². The van der Waals surface area contributed by atoms with E-state index in [9.17, 15) is 12.8 Å². The van der Waals surface area contributed by atoms with Gasteiger partial charge >= 0.3 is 0 Å². The highest BCUT2D eigenvalue weighted by Gasteiger charge is 2.17. The molecule has 0 amide bonds. The number of benzene rings is 2. The summed E-state index contributed by atoms with van der Waals surface area (Å²) in [6.45, 7) is 0. The fourth-order valence-electron chi connectivity index (χ4n) is 1.45. The van der Waals surface area contributed by atoms with Crippen LogP contribution in [0.25, 0.3) is 0 Å². The molecule has 2 aromatic carbocycles. The van der Waals surface area contributed by atoms with Crippen LogP contribution in [0.1, 0.15) is 0 Å². The minimum atomic E-state index is -3.89. The van der Waals surface area contributed by atoms with E-state index in [1.54, 1.807) is 0 Å². The first-order chi connectivity index (χ1) is 9.29. The highest BCUT2D eigenvalue weighted by molar-refractivity contribution is 9.10. The molecule has 0 bridgehead atoms. The molecular weight excluding hydrogens is 415 g/mol. The van der Waals surface area contributed by atoms with E-state index in [1.807, 2.05) is 0 Å². The second-order valence-corrected chi connectivity index (χ2v) is 7.37. The normalized spacial score (nSPS) is 11.3. The molecule has 2 rings (SSSR count). The molecule has 0 saturated carbocycles. The average molecular weight is 424 g/mol. The van der Waals surface area contributed by atoms with Gasteiger partial charge in [-0.25, -0.2) is 12.8 Å². The van der Waals surface area contributed by atoms with Crippen molar-refractivity contribution in [2.24, 2.45) is 0 Å². The highest BCUT2D eigenvalue weighted by Crippen LogP contribution is 2.26. The van der Waals surface area contributed by atoms with Gasteiger partial charge in [0.15, 0.2) is 0 Å². The Balaban J connectivity index is 2.40. The molecule has 0 atom stereocenters. The lowest BCUT2D eigenvalue weighted by molar-refractivity contribution is 0.598. The van der Waals surface area contributed by atoms with Crippen molar-refractivity contribution in [1.82, 2.24) is 0 Å². The molecular formula is C12H9Br2FN2O2S. The molecule has 3 N–H and O–H groups in total. The van der Waals surface area contributed by atoms with E-state index in [-0.39, 0.29) is 10.6 Å². The van der Waals surface area contributed by atoms with Crippen LogP contribution in [0.2, 0.25) is 0 Å². The maximum absolute atomic E-state index is 13.6. The van der Waals surface area contributed by atoms with Gasteiger partial charge in [0.2, 0.25) is 0 Å². The summed E-state index contributed by atoms with van der Waals surface area (Å²) in [5.74, 6) is -0.661. The molecule has 2 aromatic rings. The highest BCUT2D eigenvalue weighted by atomic mass is 79.9. The van der Waals surface area contributed by atoms with Crippen LogP contribution in [-0.2, 0) is 10.0 Å². The molecule has 0 saturated heterocycles. The van der Waals surface area contributed by atoms with Crippen molar-refractivity contribution in [2.45, 2.75) is 4.90 Å². The van der Waals surface area contributed by atoms with Gasteiger partial charge in [-0.15, -0.1) is 0 Å². The molecule has 20 heavy (non-hydrogen) atoms. The van der Waals surface area contributed by atoms with E-state index in [1.165, 1.54) is 36.4 Å². The molecule has 8 heteroatoms. The second-order valence-electron chi connectivity index (χ2n) is 3.91. The van der Waals surface area contributed by atoms with Gasteiger partial charge in [-0.1, -0.05) is 15.9 Å². The quantitative estimate of drug-likeness (QED) is 0.738. The molecule has 0 unspecified atom stereocenters. The SMILES string of the molecule is Nc1ccc(S(=O)(=O)Nc2cc(Br)ccc2F)cc1Br. The Morgan fingerprint density at radius 2 is 1.80 bits per heavy atom. The third-order valence-corrected chi connectivity index (χ3v) is 5.00. The largest absolute Gasteiger partial charge is 0.398 e. The van der Waals surface area contributed by atoms with Crippen LogP contribution in [0.15, 0.2) is 50.2 Å². The van der Waals surface area contributed by atoms with Crippen molar-refractivity contribution in [2.75, 3.05) is 10.5 Å². The van der Waals surface area contributed by atoms with E-state index in [4.69, 9.17) is 5.73 Å². The summed E-state index contributed by atoms with van der Waals surface area (Å²) in [6, 6.07) is 8.15. The van der Waals surface area contributed by atoms with E-state index < -0.39 is 15.8 Å². The molecule has 0 aliphatic carbocycles. The molecule has 0 spiro atoms. The lowest BCUT2D eigenvalue weighted by Crippen LogP contribution is -2.14. The Labute approximate surface area is 132 Å². The van der Waals surface area contributed by atoms with Gasteiger partial charge in [-0.2, -0.15) is 0 Å². The number of sulfonamides is 1. The molecule has 0 heterocycles. The first-order valence-corrected chi connectivity index (χ1v) is 8.39. The van der Waals surface area contributed by atoms with Crippen molar-refractivity contribution in [3.63, 3.8) is 0 Å². The molecule has 4 nitrogen and oxygen atoms in total. The minimum absolute atomic E-state index is 0.0158. The van der Waals surface area contributed by atoms with Crippen LogP contribution in [-0.4, -0.2) is 8.42 Å². The van der Waals surface area contributed by atoms with Gasteiger partial charge in [0.1, 0.15) is 5.82 Å². The van der Waals surface area contributed by atoms with Crippen LogP contribution >= 0.6 is 31.9 Å². The molecule has 0 aromatic heterocycles. The predicted molar refractivity (Wildman–Crippen MR) is 83.5 cm³/mol. The molecule has 106 valence electrons. The van der Waals surface area contributed by atoms with Gasteiger partial charge in [-0.05, 0) is 52.3 Å². The smallest absolute Gasteiger partial charge is 0.262 e. The molecule has 0 radical (unpaired) electrons. The zero-order valence-electron chi connectivity index (χ0n) is 9.90. The van der Waals surface area contributed by atoms with Crippen molar-refractivity contribution in [1.29, 1.82) is 0 Å². The summed E-state index contributed by atoms with van der Waals surface area (Å²) in [5.41, 5.74) is 5.88. The minimum Gasteiger partial charge on any atom is -0.398 e. The topological polar surface area (TPSA) is 72.2 Å². The third kappa shape index (κ3) is 3.31. The Hall–Kier alpha value is -1.12. The maximum atomic E-state index is 13.6. The number of anilines is 2. The number of hydrogen-bond acceptors (Lipinski definition) is 3. The van der Waals surface area contributed by atoms with Crippen LogP contribution < -0.4 is 10.5 Å². The molecule has 0 fully saturated rings. The standard InChI is InChI=1S/C12H9Br2FN2O2S/c13-7-1-3-10(15)12(5-7)17-20(18,19)8-2-4-11(16)9(14)6-8/h1-6,17H,16H2. The van der Waals surface area contributed by atoms with Crippen molar-refractivity contribution >= 4 is 53.3 Å². The zero-order chi connectivity index (χ0) is 14.9. The van der Waals surface area contributed by atoms with E-state index in [2.05, 4.69) is 36.6 Å². The zero-order valence-corrected chi connectivity index (χ0v) is 13.9. The third-order valence-electron chi connectivity index (χ3n) is 2.45. The summed E-state index contributed by atoms with van der Waals surface area (Å²) in [4.78, 5) is -0.0158. The predicted octanol–water partition coefficient (Wildman–Crippen LogP) is 3.73. The monoisotopic (exact) mass is 422 g/mol. The van der Waals surface area contributed by atoms with E-state index in [0.717, 1.165) is 0 Å². The Morgan fingerprint density at radius 3 is 2.45 bits per heavy atom. The lowest BCUT2D eigenvalue weighted by Gasteiger charge is -2.10. The van der Waals surface area contributed by atoms with Gasteiger partial charge in [0, 0.05) is 14.6 Å². The van der Waals surface area contributed by atoms with Gasteiger partial charge in [0.25, 0.3) is 10.0 Å². The van der Waals surface area contributed by atoms with E-state index in [0.29, 0.717) is 14.6 Å².